The number of nitro groups is 1. The Bertz CT molecular complexity index is 1020. The number of carbonyl (C=O) groups is 4. The normalized spacial score (nSPS) is 23.4. The van der Waals surface area contributed by atoms with Crippen molar-refractivity contribution < 1.29 is 33.6 Å². The molecule has 31 heavy (non-hydrogen) atoms. The maximum Gasteiger partial charge on any atom is 0.325 e. The minimum Gasteiger partial charge on any atom is -0.468 e. The minimum absolute atomic E-state index is 0.00885. The third-order valence-electron chi connectivity index (χ3n) is 6.10. The Kier molecular flexibility index (Phi) is 4.75. The summed E-state index contributed by atoms with van der Waals surface area (Å²) in [6.07, 6.45) is 1.68. The second kappa shape index (κ2) is 7.18. The average Bonchev–Trinajstić information content (AvgIpc) is 3.29. The molecule has 0 aromatic heterocycles. The number of imide groups is 1. The van der Waals surface area contributed by atoms with Gasteiger partial charge >= 0.3 is 11.9 Å². The summed E-state index contributed by atoms with van der Waals surface area (Å²) < 4.78 is 9.85. The number of anilines is 1. The molecule has 162 valence electrons. The summed E-state index contributed by atoms with van der Waals surface area (Å²) in [6, 6.07) is 3.40. The first-order valence-corrected chi connectivity index (χ1v) is 9.53. The number of carbonyl (C=O) groups excluding carboxylic acids is 4. The van der Waals surface area contributed by atoms with Crippen LogP contribution in [0.5, 0.6) is 0 Å². The first-order chi connectivity index (χ1) is 14.8. The molecule has 0 saturated carbocycles. The maximum absolute atomic E-state index is 12.9. The van der Waals surface area contributed by atoms with Crippen molar-refractivity contribution in [2.75, 3.05) is 19.1 Å². The fourth-order valence-electron chi connectivity index (χ4n) is 4.78. The first kappa shape index (κ1) is 20.5. The molecule has 0 spiro atoms. The van der Waals surface area contributed by atoms with Crippen molar-refractivity contribution in [2.45, 2.75) is 31.5 Å². The van der Waals surface area contributed by atoms with Crippen molar-refractivity contribution >= 4 is 41.2 Å². The van der Waals surface area contributed by atoms with E-state index in [9.17, 15) is 29.3 Å². The first-order valence-electron chi connectivity index (χ1n) is 9.53. The SMILES string of the molecule is COC(=O)C1(C(=O)OC)C[C@@H](N2C(=O)CCC2=O)N2c3cccc([N+](=O)[O-])c3C=C[C@@H]21. The molecule has 0 N–H and O–H groups in total. The molecule has 0 radical (unpaired) electrons. The molecule has 2 saturated heterocycles. The molecule has 2 atom stereocenters. The van der Waals surface area contributed by atoms with E-state index in [1.807, 2.05) is 0 Å². The second-order valence-electron chi connectivity index (χ2n) is 7.48. The van der Waals surface area contributed by atoms with Crippen LogP contribution >= 0.6 is 0 Å². The zero-order chi connectivity index (χ0) is 22.5. The highest BCUT2D eigenvalue weighted by atomic mass is 16.6. The highest BCUT2D eigenvalue weighted by molar-refractivity contribution is 6.06. The number of hydrogen-bond acceptors (Lipinski definition) is 9. The Morgan fingerprint density at radius 3 is 2.29 bits per heavy atom. The van der Waals surface area contributed by atoms with Gasteiger partial charge in [-0.05, 0) is 12.1 Å². The zero-order valence-electron chi connectivity index (χ0n) is 16.8. The highest BCUT2D eigenvalue weighted by Crippen LogP contribution is 2.51. The van der Waals surface area contributed by atoms with Crippen LogP contribution in [0.3, 0.4) is 0 Å². The number of esters is 2. The number of fused-ring (bicyclic) bond motifs is 3. The van der Waals surface area contributed by atoms with Gasteiger partial charge in [0.15, 0.2) is 5.41 Å². The van der Waals surface area contributed by atoms with Crippen LogP contribution in [0.1, 0.15) is 24.8 Å². The Labute approximate surface area is 176 Å². The topological polar surface area (TPSA) is 136 Å². The lowest BCUT2D eigenvalue weighted by molar-refractivity contribution is -0.385. The molecular formula is C20H19N3O8. The van der Waals surface area contributed by atoms with Crippen molar-refractivity contribution in [3.8, 4) is 0 Å². The van der Waals surface area contributed by atoms with Gasteiger partial charge in [-0.3, -0.25) is 34.2 Å². The van der Waals surface area contributed by atoms with Gasteiger partial charge in [0, 0.05) is 25.3 Å². The van der Waals surface area contributed by atoms with Crippen LogP contribution < -0.4 is 4.90 Å². The molecule has 1 aromatic rings. The van der Waals surface area contributed by atoms with E-state index in [4.69, 9.17) is 9.47 Å². The van der Waals surface area contributed by atoms with E-state index in [-0.39, 0.29) is 30.5 Å². The van der Waals surface area contributed by atoms with Crippen molar-refractivity contribution in [2.24, 2.45) is 5.41 Å². The molecule has 3 heterocycles. The third kappa shape index (κ3) is 2.72. The molecule has 0 aliphatic carbocycles. The van der Waals surface area contributed by atoms with E-state index in [2.05, 4.69) is 0 Å². The molecule has 2 fully saturated rings. The molecule has 0 bridgehead atoms. The number of likely N-dealkylation sites (tertiary alicyclic amines) is 1. The summed E-state index contributed by atoms with van der Waals surface area (Å²) in [4.78, 5) is 64.5. The fourth-order valence-corrected chi connectivity index (χ4v) is 4.78. The number of hydrogen-bond donors (Lipinski definition) is 0. The minimum atomic E-state index is -1.86. The maximum atomic E-state index is 12.9. The Morgan fingerprint density at radius 1 is 1.13 bits per heavy atom. The lowest BCUT2D eigenvalue weighted by Crippen LogP contribution is -2.53. The van der Waals surface area contributed by atoms with Gasteiger partial charge in [0.25, 0.3) is 5.69 Å². The van der Waals surface area contributed by atoms with Crippen LogP contribution in [0.4, 0.5) is 11.4 Å². The van der Waals surface area contributed by atoms with Crippen LogP contribution in [-0.4, -0.2) is 60.0 Å². The smallest absolute Gasteiger partial charge is 0.325 e. The van der Waals surface area contributed by atoms with Crippen molar-refractivity contribution in [1.82, 2.24) is 4.90 Å². The number of ether oxygens (including phenoxy) is 2. The molecule has 11 nitrogen and oxygen atoms in total. The van der Waals surface area contributed by atoms with Gasteiger partial charge in [-0.1, -0.05) is 12.1 Å². The van der Waals surface area contributed by atoms with Gasteiger partial charge in [-0.15, -0.1) is 0 Å². The number of rotatable bonds is 4. The van der Waals surface area contributed by atoms with Crippen LogP contribution in [0.15, 0.2) is 24.3 Å². The third-order valence-corrected chi connectivity index (χ3v) is 6.10. The molecular weight excluding hydrogens is 410 g/mol. The quantitative estimate of drug-likeness (QED) is 0.226. The number of methoxy groups -OCH3 is 2. The zero-order valence-corrected chi connectivity index (χ0v) is 16.8. The lowest BCUT2D eigenvalue weighted by Gasteiger charge is -2.39. The van der Waals surface area contributed by atoms with Crippen molar-refractivity contribution in [1.29, 1.82) is 0 Å². The van der Waals surface area contributed by atoms with Gasteiger partial charge in [0.1, 0.15) is 6.17 Å². The summed E-state index contributed by atoms with van der Waals surface area (Å²) in [5, 5.41) is 11.5. The second-order valence-corrected chi connectivity index (χ2v) is 7.48. The summed E-state index contributed by atoms with van der Waals surface area (Å²) in [7, 11) is 2.25. The van der Waals surface area contributed by atoms with E-state index >= 15 is 0 Å². The molecule has 3 aliphatic heterocycles. The molecule has 1 aromatic carbocycles. The van der Waals surface area contributed by atoms with Crippen LogP contribution in [-0.2, 0) is 28.7 Å². The van der Waals surface area contributed by atoms with E-state index in [0.717, 1.165) is 19.1 Å². The van der Waals surface area contributed by atoms with Gasteiger partial charge in [-0.2, -0.15) is 0 Å². The van der Waals surface area contributed by atoms with Crippen LogP contribution in [0.2, 0.25) is 0 Å². The summed E-state index contributed by atoms with van der Waals surface area (Å²) in [6.45, 7) is 0. The van der Waals surface area contributed by atoms with Crippen LogP contribution in [0.25, 0.3) is 6.08 Å². The van der Waals surface area contributed by atoms with Gasteiger partial charge in [-0.25, -0.2) is 0 Å². The van der Waals surface area contributed by atoms with E-state index in [1.54, 1.807) is 6.07 Å². The predicted molar refractivity (Wildman–Crippen MR) is 104 cm³/mol. The monoisotopic (exact) mass is 429 g/mol. The number of amides is 2. The van der Waals surface area contributed by atoms with E-state index < -0.39 is 46.3 Å². The molecule has 4 rings (SSSR count). The Hall–Kier alpha value is -3.76. The standard InChI is InChI=1S/C20H19N3O8/c1-30-18(26)20(19(27)31-2)10-15(22-16(24)8-9-17(22)25)21-12-4-3-5-13(23(28)29)11(12)6-7-14(20)21/h3-7,14-15H,8-10H2,1-2H3/t14-,15-/m1/s1. The van der Waals surface area contributed by atoms with Crippen LogP contribution in [0, 0.1) is 15.5 Å². The highest BCUT2D eigenvalue weighted by Gasteiger charge is 2.66. The lowest BCUT2D eigenvalue weighted by atomic mass is 9.78. The Balaban J connectivity index is 1.96. The summed E-state index contributed by atoms with van der Waals surface area (Å²) in [5.41, 5.74) is -1.47. The van der Waals surface area contributed by atoms with E-state index in [0.29, 0.717) is 5.69 Å². The summed E-state index contributed by atoms with van der Waals surface area (Å²) >= 11 is 0. The van der Waals surface area contributed by atoms with Gasteiger partial charge in [0.05, 0.1) is 36.4 Å². The molecule has 11 heteroatoms. The predicted octanol–water partition coefficient (Wildman–Crippen LogP) is 1.01. The number of nitrogens with zero attached hydrogens (tertiary/aromatic N) is 3. The van der Waals surface area contributed by atoms with Crippen molar-refractivity contribution in [3.05, 3.63) is 40.0 Å². The largest absolute Gasteiger partial charge is 0.468 e. The van der Waals surface area contributed by atoms with Gasteiger partial charge in [0.2, 0.25) is 11.8 Å². The number of benzene rings is 1. The summed E-state index contributed by atoms with van der Waals surface area (Å²) in [5.74, 6) is -2.65. The number of nitro benzene ring substituents is 1. The average molecular weight is 429 g/mol. The van der Waals surface area contributed by atoms with E-state index in [1.165, 1.54) is 29.2 Å². The van der Waals surface area contributed by atoms with Gasteiger partial charge < -0.3 is 14.4 Å². The molecule has 3 aliphatic rings. The Morgan fingerprint density at radius 2 is 1.74 bits per heavy atom. The fraction of sp³-hybridized carbons (Fsp3) is 0.400. The van der Waals surface area contributed by atoms with Crippen molar-refractivity contribution in [3.63, 3.8) is 0 Å². The molecule has 2 amide bonds. The molecule has 0 unspecified atom stereocenters.